The van der Waals surface area contributed by atoms with E-state index in [1.165, 1.54) is 44.3 Å². The Morgan fingerprint density at radius 3 is 2.55 bits per heavy atom. The lowest BCUT2D eigenvalue weighted by molar-refractivity contribution is 0.100. The zero-order valence-corrected chi connectivity index (χ0v) is 12.6. The van der Waals surface area contributed by atoms with E-state index >= 15 is 0 Å². The van der Waals surface area contributed by atoms with Crippen molar-refractivity contribution in [2.45, 2.75) is 44.3 Å². The maximum atomic E-state index is 6.36. The van der Waals surface area contributed by atoms with Gasteiger partial charge in [-0.3, -0.25) is 4.90 Å². The lowest BCUT2D eigenvalue weighted by Crippen LogP contribution is -2.57. The van der Waals surface area contributed by atoms with Gasteiger partial charge in [-0.25, -0.2) is 0 Å². The fourth-order valence-electron chi connectivity index (χ4n) is 3.64. The van der Waals surface area contributed by atoms with Crippen LogP contribution in [0.3, 0.4) is 0 Å². The third kappa shape index (κ3) is 2.74. The van der Waals surface area contributed by atoms with E-state index in [9.17, 15) is 0 Å². The van der Waals surface area contributed by atoms with E-state index in [4.69, 9.17) is 11.6 Å². The van der Waals surface area contributed by atoms with Gasteiger partial charge in [0.2, 0.25) is 0 Å². The molecule has 1 aromatic rings. The molecule has 3 fully saturated rings. The van der Waals surface area contributed by atoms with Crippen LogP contribution in [-0.4, -0.2) is 30.1 Å². The number of hydrogen-bond donors (Lipinski definition) is 1. The Morgan fingerprint density at radius 1 is 1.10 bits per heavy atom. The van der Waals surface area contributed by atoms with Crippen LogP contribution in [-0.2, 0) is 6.54 Å². The van der Waals surface area contributed by atoms with Crippen LogP contribution < -0.4 is 5.32 Å². The summed E-state index contributed by atoms with van der Waals surface area (Å²) in [5.41, 5.74) is 1.29. The summed E-state index contributed by atoms with van der Waals surface area (Å²) in [6, 6.07) is 9.76. The smallest absolute Gasteiger partial charge is 0.0451 e. The first-order valence-corrected chi connectivity index (χ1v) is 8.40. The van der Waals surface area contributed by atoms with Crippen LogP contribution in [0.2, 0.25) is 5.02 Å². The second kappa shape index (κ2) is 5.32. The summed E-state index contributed by atoms with van der Waals surface area (Å²) in [6.45, 7) is 3.40. The molecule has 20 heavy (non-hydrogen) atoms. The lowest BCUT2D eigenvalue weighted by Gasteiger charge is -2.41. The van der Waals surface area contributed by atoms with Crippen LogP contribution in [0.1, 0.15) is 31.2 Å². The van der Waals surface area contributed by atoms with Crippen molar-refractivity contribution in [3.05, 3.63) is 34.9 Å². The topological polar surface area (TPSA) is 15.3 Å². The molecule has 0 spiro atoms. The molecule has 1 saturated heterocycles. The zero-order valence-electron chi connectivity index (χ0n) is 11.9. The summed E-state index contributed by atoms with van der Waals surface area (Å²) >= 11 is 6.36. The van der Waals surface area contributed by atoms with Gasteiger partial charge >= 0.3 is 0 Å². The maximum Gasteiger partial charge on any atom is 0.0451 e. The molecule has 0 amide bonds. The van der Waals surface area contributed by atoms with E-state index < -0.39 is 0 Å². The van der Waals surface area contributed by atoms with Crippen molar-refractivity contribution in [2.75, 3.05) is 13.1 Å². The van der Waals surface area contributed by atoms with Crippen molar-refractivity contribution in [1.29, 1.82) is 0 Å². The second-order valence-corrected chi connectivity index (χ2v) is 7.19. The Bertz CT molecular complexity index is 482. The molecule has 0 aromatic heterocycles. The minimum absolute atomic E-state index is 0.715. The number of piperazine rings is 1. The maximum absolute atomic E-state index is 6.36. The molecule has 1 aromatic carbocycles. The number of hydrogen-bond acceptors (Lipinski definition) is 2. The number of rotatable bonds is 4. The van der Waals surface area contributed by atoms with Gasteiger partial charge in [0.15, 0.2) is 0 Å². The minimum Gasteiger partial charge on any atom is -0.311 e. The molecular weight excluding hydrogens is 268 g/mol. The summed E-state index contributed by atoms with van der Waals surface area (Å²) in [6.07, 6.45) is 5.68. The SMILES string of the molecule is Clc1ccccc1CN1CC(C2CC2)NCC1C1CC1. The molecule has 0 bridgehead atoms. The molecule has 1 aliphatic heterocycles. The van der Waals surface area contributed by atoms with Gasteiger partial charge < -0.3 is 5.32 Å². The van der Waals surface area contributed by atoms with E-state index in [2.05, 4.69) is 22.3 Å². The van der Waals surface area contributed by atoms with Crippen LogP contribution in [0.4, 0.5) is 0 Å². The minimum atomic E-state index is 0.715. The van der Waals surface area contributed by atoms with Gasteiger partial charge in [0.05, 0.1) is 0 Å². The zero-order chi connectivity index (χ0) is 13.5. The average molecular weight is 291 g/mol. The molecule has 0 radical (unpaired) electrons. The molecule has 1 heterocycles. The third-order valence-electron chi connectivity index (χ3n) is 5.18. The Morgan fingerprint density at radius 2 is 1.85 bits per heavy atom. The lowest BCUT2D eigenvalue weighted by atomic mass is 10.0. The summed E-state index contributed by atoms with van der Waals surface area (Å²) in [4.78, 5) is 2.71. The second-order valence-electron chi connectivity index (χ2n) is 6.78. The first-order valence-electron chi connectivity index (χ1n) is 8.02. The van der Waals surface area contributed by atoms with E-state index in [-0.39, 0.29) is 0 Å². The van der Waals surface area contributed by atoms with Crippen molar-refractivity contribution in [2.24, 2.45) is 11.8 Å². The number of halogens is 1. The summed E-state index contributed by atoms with van der Waals surface area (Å²) in [5.74, 6) is 1.86. The molecule has 108 valence electrons. The highest BCUT2D eigenvalue weighted by Gasteiger charge is 2.42. The number of nitrogens with one attached hydrogen (secondary N) is 1. The van der Waals surface area contributed by atoms with Gasteiger partial charge in [-0.2, -0.15) is 0 Å². The average Bonchev–Trinajstić information content (AvgIpc) is 3.34. The van der Waals surface area contributed by atoms with Crippen LogP contribution >= 0.6 is 11.6 Å². The van der Waals surface area contributed by atoms with Crippen molar-refractivity contribution < 1.29 is 0 Å². The van der Waals surface area contributed by atoms with Crippen molar-refractivity contribution in [3.63, 3.8) is 0 Å². The van der Waals surface area contributed by atoms with E-state index in [1.54, 1.807) is 0 Å². The van der Waals surface area contributed by atoms with Gasteiger partial charge in [-0.15, -0.1) is 0 Å². The van der Waals surface area contributed by atoms with Gasteiger partial charge in [0, 0.05) is 36.7 Å². The quantitative estimate of drug-likeness (QED) is 0.915. The van der Waals surface area contributed by atoms with Crippen LogP contribution in [0, 0.1) is 11.8 Å². The molecule has 2 saturated carbocycles. The number of nitrogens with zero attached hydrogens (tertiary/aromatic N) is 1. The van der Waals surface area contributed by atoms with Gasteiger partial charge in [-0.1, -0.05) is 29.8 Å². The Balaban J connectivity index is 1.50. The predicted molar refractivity (Wildman–Crippen MR) is 82.9 cm³/mol. The normalized spacial score (nSPS) is 31.4. The first kappa shape index (κ1) is 13.1. The van der Waals surface area contributed by atoms with Gasteiger partial charge in [-0.05, 0) is 49.1 Å². The van der Waals surface area contributed by atoms with Crippen molar-refractivity contribution in [3.8, 4) is 0 Å². The summed E-state index contributed by atoms with van der Waals surface area (Å²) in [7, 11) is 0. The van der Waals surface area contributed by atoms with E-state index in [0.717, 1.165) is 29.4 Å². The predicted octanol–water partition coefficient (Wildman–Crippen LogP) is 3.30. The standard InChI is InChI=1S/C17H23ClN2/c18-15-4-2-1-3-14(15)10-20-11-16(12-5-6-12)19-9-17(20)13-7-8-13/h1-4,12-13,16-17,19H,5-11H2. The fraction of sp³-hybridized carbons (Fsp3) is 0.647. The van der Waals surface area contributed by atoms with Crippen molar-refractivity contribution >= 4 is 11.6 Å². The highest BCUT2D eigenvalue weighted by Crippen LogP contribution is 2.40. The highest BCUT2D eigenvalue weighted by molar-refractivity contribution is 6.31. The Hall–Kier alpha value is -0.570. The van der Waals surface area contributed by atoms with E-state index in [0.29, 0.717) is 6.04 Å². The highest BCUT2D eigenvalue weighted by atomic mass is 35.5. The summed E-state index contributed by atoms with van der Waals surface area (Å²) < 4.78 is 0. The van der Waals surface area contributed by atoms with Crippen LogP contribution in [0.15, 0.2) is 24.3 Å². The Labute approximate surface area is 126 Å². The monoisotopic (exact) mass is 290 g/mol. The van der Waals surface area contributed by atoms with Gasteiger partial charge in [0.1, 0.15) is 0 Å². The molecular formula is C17H23ClN2. The molecule has 2 unspecified atom stereocenters. The number of benzene rings is 1. The fourth-order valence-corrected chi connectivity index (χ4v) is 3.84. The van der Waals surface area contributed by atoms with Crippen LogP contribution in [0.5, 0.6) is 0 Å². The van der Waals surface area contributed by atoms with Crippen molar-refractivity contribution in [1.82, 2.24) is 10.2 Å². The van der Waals surface area contributed by atoms with Crippen LogP contribution in [0.25, 0.3) is 0 Å². The molecule has 1 N–H and O–H groups in total. The Kier molecular flexibility index (Phi) is 3.49. The molecule has 2 aliphatic carbocycles. The molecule has 2 nitrogen and oxygen atoms in total. The summed E-state index contributed by atoms with van der Waals surface area (Å²) in [5, 5.41) is 4.73. The molecule has 3 aliphatic rings. The third-order valence-corrected chi connectivity index (χ3v) is 5.55. The molecule has 2 atom stereocenters. The molecule has 4 rings (SSSR count). The van der Waals surface area contributed by atoms with Gasteiger partial charge in [0.25, 0.3) is 0 Å². The molecule has 3 heteroatoms. The first-order chi connectivity index (χ1) is 9.81. The van der Waals surface area contributed by atoms with E-state index in [1.807, 2.05) is 12.1 Å². The largest absolute Gasteiger partial charge is 0.311 e.